The average Bonchev–Trinajstić information content (AvgIpc) is 3.18. The third-order valence-electron chi connectivity index (χ3n) is 7.22. The summed E-state index contributed by atoms with van der Waals surface area (Å²) in [5.74, 6) is 1.70. The Kier molecular flexibility index (Phi) is 4.19. The van der Waals surface area contributed by atoms with E-state index in [0.29, 0.717) is 24.3 Å². The van der Waals surface area contributed by atoms with Crippen molar-refractivity contribution in [2.24, 2.45) is 23.2 Å². The highest BCUT2D eigenvalue weighted by atomic mass is 16.5. The molecule has 1 saturated carbocycles. The van der Waals surface area contributed by atoms with Gasteiger partial charge in [0.1, 0.15) is 0 Å². The number of aromatic nitrogens is 1. The molecule has 4 heterocycles. The maximum atomic E-state index is 13.3. The molecule has 3 aliphatic heterocycles. The Hall–Kier alpha value is -1.95. The third kappa shape index (κ3) is 2.94. The van der Waals surface area contributed by atoms with Gasteiger partial charge in [-0.15, -0.1) is 0 Å². The van der Waals surface area contributed by atoms with Crippen molar-refractivity contribution < 1.29 is 14.3 Å². The summed E-state index contributed by atoms with van der Waals surface area (Å²) in [6, 6.07) is 3.96. The van der Waals surface area contributed by atoms with E-state index in [2.05, 4.69) is 4.98 Å². The van der Waals surface area contributed by atoms with Gasteiger partial charge in [0.05, 0.1) is 18.6 Å². The number of piperidine rings is 2. The number of likely N-dealkylation sites (tertiary alicyclic amines) is 2. The highest BCUT2D eigenvalue weighted by molar-refractivity contribution is 5.85. The molecule has 6 heteroatoms. The summed E-state index contributed by atoms with van der Waals surface area (Å²) in [4.78, 5) is 34.2. The van der Waals surface area contributed by atoms with Gasteiger partial charge >= 0.3 is 0 Å². The lowest BCUT2D eigenvalue weighted by Gasteiger charge is -2.46. The van der Waals surface area contributed by atoms with Gasteiger partial charge in [-0.25, -0.2) is 0 Å². The second-order valence-electron chi connectivity index (χ2n) is 8.68. The molecular weight excluding hydrogens is 342 g/mol. The minimum absolute atomic E-state index is 0.193. The van der Waals surface area contributed by atoms with Gasteiger partial charge < -0.3 is 14.5 Å². The normalized spacial score (nSPS) is 31.9. The molecule has 5 rings (SSSR count). The molecule has 4 fully saturated rings. The lowest BCUT2D eigenvalue weighted by atomic mass is 9.71. The third-order valence-corrected chi connectivity index (χ3v) is 7.22. The summed E-state index contributed by atoms with van der Waals surface area (Å²) in [5, 5.41) is 0. The smallest absolute Gasteiger partial charge is 0.229 e. The SMILES string of the molecule is O=C(C1[C@H]2COC[C@@H]12)N1CCC2(CCCN(Cc3ccncc3)C2=O)CC1. The maximum absolute atomic E-state index is 13.3. The molecule has 27 heavy (non-hydrogen) atoms. The van der Waals surface area contributed by atoms with Gasteiger partial charge in [0.25, 0.3) is 0 Å². The van der Waals surface area contributed by atoms with Gasteiger partial charge in [-0.1, -0.05) is 0 Å². The number of carbonyl (C=O) groups excluding carboxylic acids is 2. The van der Waals surface area contributed by atoms with Gasteiger partial charge in [-0.3, -0.25) is 14.6 Å². The van der Waals surface area contributed by atoms with Crippen LogP contribution in [0, 0.1) is 23.2 Å². The fourth-order valence-electron chi connectivity index (χ4n) is 5.45. The molecule has 1 aromatic rings. The van der Waals surface area contributed by atoms with Gasteiger partial charge in [0, 0.05) is 44.5 Å². The minimum atomic E-state index is -0.259. The molecule has 0 radical (unpaired) electrons. The molecule has 3 saturated heterocycles. The quantitative estimate of drug-likeness (QED) is 0.814. The first kappa shape index (κ1) is 17.2. The molecule has 1 aliphatic carbocycles. The first-order chi connectivity index (χ1) is 13.2. The fourth-order valence-corrected chi connectivity index (χ4v) is 5.45. The standard InChI is InChI=1S/C21H27N3O3/c25-19(18-16-13-27-14-17(16)18)23-10-5-21(6-11-23)4-1-9-24(20(21)26)12-15-2-7-22-8-3-15/h2-3,7-8,16-18H,1,4-6,9-14H2/t16-,17+,18?. The van der Waals surface area contributed by atoms with Crippen LogP contribution >= 0.6 is 0 Å². The predicted molar refractivity (Wildman–Crippen MR) is 98.4 cm³/mol. The predicted octanol–water partition coefficient (Wildman–Crippen LogP) is 1.71. The van der Waals surface area contributed by atoms with E-state index < -0.39 is 0 Å². The summed E-state index contributed by atoms with van der Waals surface area (Å²) in [6.07, 6.45) is 7.19. The fraction of sp³-hybridized carbons (Fsp3) is 0.667. The monoisotopic (exact) mass is 369 g/mol. The Morgan fingerprint density at radius 2 is 1.81 bits per heavy atom. The highest BCUT2D eigenvalue weighted by Gasteiger charge is 2.59. The zero-order valence-electron chi connectivity index (χ0n) is 15.7. The Morgan fingerprint density at radius 1 is 1.11 bits per heavy atom. The second-order valence-corrected chi connectivity index (χ2v) is 8.68. The van der Waals surface area contributed by atoms with Crippen molar-refractivity contribution in [1.29, 1.82) is 0 Å². The largest absolute Gasteiger partial charge is 0.381 e. The number of hydrogen-bond acceptors (Lipinski definition) is 4. The Bertz CT molecular complexity index is 719. The number of ether oxygens (including phenoxy) is 1. The van der Waals surface area contributed by atoms with E-state index in [0.717, 1.165) is 64.1 Å². The summed E-state index contributed by atoms with van der Waals surface area (Å²) in [5.41, 5.74) is 0.871. The van der Waals surface area contributed by atoms with Gasteiger partial charge in [-0.05, 0) is 55.2 Å². The summed E-state index contributed by atoms with van der Waals surface area (Å²) >= 11 is 0. The van der Waals surface area contributed by atoms with E-state index in [1.54, 1.807) is 12.4 Å². The van der Waals surface area contributed by atoms with Crippen LogP contribution < -0.4 is 0 Å². The van der Waals surface area contributed by atoms with Crippen molar-refractivity contribution in [3.05, 3.63) is 30.1 Å². The van der Waals surface area contributed by atoms with Crippen molar-refractivity contribution in [1.82, 2.24) is 14.8 Å². The Labute approximate surface area is 159 Å². The zero-order valence-corrected chi connectivity index (χ0v) is 15.7. The van der Waals surface area contributed by atoms with E-state index in [9.17, 15) is 9.59 Å². The molecule has 3 atom stereocenters. The van der Waals surface area contributed by atoms with Crippen molar-refractivity contribution in [3.63, 3.8) is 0 Å². The number of amides is 2. The van der Waals surface area contributed by atoms with Crippen LogP contribution in [0.5, 0.6) is 0 Å². The lowest BCUT2D eigenvalue weighted by molar-refractivity contribution is -0.153. The Morgan fingerprint density at radius 3 is 2.52 bits per heavy atom. The van der Waals surface area contributed by atoms with Crippen LogP contribution in [0.3, 0.4) is 0 Å². The zero-order chi connectivity index (χ0) is 18.4. The Balaban J connectivity index is 1.22. The highest BCUT2D eigenvalue weighted by Crippen LogP contribution is 2.52. The molecule has 1 aromatic heterocycles. The molecule has 1 spiro atoms. The van der Waals surface area contributed by atoms with E-state index in [1.165, 1.54) is 0 Å². The van der Waals surface area contributed by atoms with Crippen molar-refractivity contribution >= 4 is 11.8 Å². The summed E-state index contributed by atoms with van der Waals surface area (Å²) < 4.78 is 5.41. The van der Waals surface area contributed by atoms with Crippen LogP contribution in [0.1, 0.15) is 31.2 Å². The van der Waals surface area contributed by atoms with E-state index in [-0.39, 0.29) is 17.2 Å². The second kappa shape index (κ2) is 6.59. The topological polar surface area (TPSA) is 62.7 Å². The molecule has 144 valence electrons. The number of carbonyl (C=O) groups is 2. The maximum Gasteiger partial charge on any atom is 0.229 e. The number of rotatable bonds is 3. The number of fused-ring (bicyclic) bond motifs is 1. The van der Waals surface area contributed by atoms with Crippen LogP contribution in [0.15, 0.2) is 24.5 Å². The molecule has 4 aliphatic rings. The number of hydrogen-bond donors (Lipinski definition) is 0. The molecule has 1 unspecified atom stereocenters. The summed E-state index contributed by atoms with van der Waals surface area (Å²) in [6.45, 7) is 4.45. The van der Waals surface area contributed by atoms with E-state index in [1.807, 2.05) is 21.9 Å². The van der Waals surface area contributed by atoms with Crippen LogP contribution in [0.25, 0.3) is 0 Å². The van der Waals surface area contributed by atoms with Crippen LogP contribution in [0.2, 0.25) is 0 Å². The summed E-state index contributed by atoms with van der Waals surface area (Å²) in [7, 11) is 0. The molecule has 0 aromatic carbocycles. The molecule has 2 amide bonds. The van der Waals surface area contributed by atoms with Gasteiger partial charge in [0.15, 0.2) is 0 Å². The van der Waals surface area contributed by atoms with Crippen LogP contribution in [-0.4, -0.2) is 59.4 Å². The lowest BCUT2D eigenvalue weighted by Crippen LogP contribution is -2.54. The van der Waals surface area contributed by atoms with Gasteiger partial charge in [0.2, 0.25) is 11.8 Å². The number of pyridine rings is 1. The molecule has 0 bridgehead atoms. The van der Waals surface area contributed by atoms with Crippen molar-refractivity contribution in [2.75, 3.05) is 32.8 Å². The first-order valence-electron chi connectivity index (χ1n) is 10.2. The number of nitrogens with zero attached hydrogens (tertiary/aromatic N) is 3. The van der Waals surface area contributed by atoms with Crippen LogP contribution in [0.4, 0.5) is 0 Å². The molecular formula is C21H27N3O3. The average molecular weight is 369 g/mol. The van der Waals surface area contributed by atoms with E-state index in [4.69, 9.17) is 4.74 Å². The van der Waals surface area contributed by atoms with E-state index >= 15 is 0 Å². The molecule has 0 N–H and O–H groups in total. The molecule has 6 nitrogen and oxygen atoms in total. The minimum Gasteiger partial charge on any atom is -0.381 e. The van der Waals surface area contributed by atoms with Crippen LogP contribution in [-0.2, 0) is 20.9 Å². The van der Waals surface area contributed by atoms with Crippen molar-refractivity contribution in [3.8, 4) is 0 Å². The van der Waals surface area contributed by atoms with Gasteiger partial charge in [-0.2, -0.15) is 0 Å². The van der Waals surface area contributed by atoms with Crippen molar-refractivity contribution in [2.45, 2.75) is 32.2 Å². The first-order valence-corrected chi connectivity index (χ1v) is 10.2.